The van der Waals surface area contributed by atoms with Crippen LogP contribution in [0.5, 0.6) is 0 Å². The van der Waals surface area contributed by atoms with Crippen molar-refractivity contribution in [2.45, 2.75) is 32.6 Å². The average Bonchev–Trinajstić information content (AvgIpc) is 2.58. The highest BCUT2D eigenvalue weighted by atomic mass is 19.1. The molecule has 0 atom stereocenters. The van der Waals surface area contributed by atoms with Gasteiger partial charge in [-0.3, -0.25) is 0 Å². The van der Waals surface area contributed by atoms with E-state index in [9.17, 15) is 13.6 Å². The minimum absolute atomic E-state index is 0.220. The molecule has 0 radical (unpaired) electrons. The Labute approximate surface area is 140 Å². The van der Waals surface area contributed by atoms with E-state index in [0.29, 0.717) is 5.69 Å². The van der Waals surface area contributed by atoms with E-state index in [1.807, 2.05) is 0 Å². The highest BCUT2D eigenvalue weighted by Gasteiger charge is 2.25. The number of unbranched alkanes of at least 4 members (excludes halogenated alkanes) is 3. The van der Waals surface area contributed by atoms with Crippen LogP contribution in [0.4, 0.5) is 25.0 Å². The number of hydrogen-bond donors (Lipinski definition) is 0. The number of amides is 1. The van der Waals surface area contributed by atoms with Gasteiger partial charge in [0.15, 0.2) is 0 Å². The van der Waals surface area contributed by atoms with E-state index in [-0.39, 0.29) is 6.61 Å². The number of rotatable bonds is 7. The van der Waals surface area contributed by atoms with Crippen LogP contribution >= 0.6 is 0 Å². The molecule has 0 aliphatic rings. The number of hydrogen-bond acceptors (Lipinski definition) is 2. The lowest BCUT2D eigenvalue weighted by Gasteiger charge is -2.23. The summed E-state index contributed by atoms with van der Waals surface area (Å²) >= 11 is 0. The van der Waals surface area contributed by atoms with Gasteiger partial charge in [0.25, 0.3) is 0 Å². The molecule has 0 fully saturated rings. The summed E-state index contributed by atoms with van der Waals surface area (Å²) in [5, 5.41) is 0. The predicted molar refractivity (Wildman–Crippen MR) is 90.4 cm³/mol. The fraction of sp³-hybridized carbons (Fsp3) is 0.316. The lowest BCUT2D eigenvalue weighted by molar-refractivity contribution is 0.153. The van der Waals surface area contributed by atoms with Crippen LogP contribution in [0.3, 0.4) is 0 Å². The summed E-state index contributed by atoms with van der Waals surface area (Å²) in [7, 11) is 0. The first-order chi connectivity index (χ1) is 11.6. The van der Waals surface area contributed by atoms with E-state index >= 15 is 0 Å². The number of carbonyl (C=O) groups excluding carboxylic acids is 1. The standard InChI is InChI=1S/C19H21F2NO2/c1-2-3-4-8-14-24-19(23)22(15-10-6-5-7-11-15)18-16(20)12-9-13-17(18)21/h5-7,9-13H,2-4,8,14H2,1H3. The zero-order chi connectivity index (χ0) is 17.4. The van der Waals surface area contributed by atoms with E-state index in [2.05, 4.69) is 6.92 Å². The molecule has 0 saturated heterocycles. The molecule has 0 bridgehead atoms. The SMILES string of the molecule is CCCCCCOC(=O)N(c1ccccc1)c1c(F)cccc1F. The molecule has 2 aromatic carbocycles. The van der Waals surface area contributed by atoms with Crippen LogP contribution in [-0.4, -0.2) is 12.7 Å². The molecule has 0 aliphatic heterocycles. The third kappa shape index (κ3) is 4.54. The first-order valence-electron chi connectivity index (χ1n) is 8.11. The third-order valence-electron chi connectivity index (χ3n) is 3.58. The van der Waals surface area contributed by atoms with Crippen molar-refractivity contribution in [1.29, 1.82) is 0 Å². The van der Waals surface area contributed by atoms with Gasteiger partial charge in [-0.1, -0.05) is 50.5 Å². The van der Waals surface area contributed by atoms with Crippen LogP contribution < -0.4 is 4.90 Å². The minimum Gasteiger partial charge on any atom is -0.449 e. The molecule has 128 valence electrons. The van der Waals surface area contributed by atoms with Crippen molar-refractivity contribution in [1.82, 2.24) is 0 Å². The van der Waals surface area contributed by atoms with Crippen molar-refractivity contribution in [2.24, 2.45) is 0 Å². The van der Waals surface area contributed by atoms with Crippen LogP contribution in [0.15, 0.2) is 48.5 Å². The van der Waals surface area contributed by atoms with Crippen molar-refractivity contribution in [3.63, 3.8) is 0 Å². The van der Waals surface area contributed by atoms with Gasteiger partial charge < -0.3 is 4.74 Å². The lowest BCUT2D eigenvalue weighted by atomic mass is 10.2. The molecule has 0 saturated carbocycles. The van der Waals surface area contributed by atoms with Crippen LogP contribution in [0.2, 0.25) is 0 Å². The van der Waals surface area contributed by atoms with Gasteiger partial charge >= 0.3 is 6.09 Å². The Morgan fingerprint density at radius 2 is 1.62 bits per heavy atom. The average molecular weight is 333 g/mol. The van der Waals surface area contributed by atoms with Crippen molar-refractivity contribution < 1.29 is 18.3 Å². The number of nitrogens with zero attached hydrogens (tertiary/aromatic N) is 1. The molecule has 5 heteroatoms. The monoisotopic (exact) mass is 333 g/mol. The Hall–Kier alpha value is -2.43. The van der Waals surface area contributed by atoms with Crippen molar-refractivity contribution in [3.05, 3.63) is 60.2 Å². The maximum Gasteiger partial charge on any atom is 0.419 e. The van der Waals surface area contributed by atoms with Crippen LogP contribution in [-0.2, 0) is 4.74 Å². The Balaban J connectivity index is 2.23. The van der Waals surface area contributed by atoms with Gasteiger partial charge in [0, 0.05) is 0 Å². The van der Waals surface area contributed by atoms with E-state index in [4.69, 9.17) is 4.74 Å². The molecule has 0 spiro atoms. The molecule has 2 rings (SSSR count). The highest BCUT2D eigenvalue weighted by Crippen LogP contribution is 2.31. The molecule has 3 nitrogen and oxygen atoms in total. The molecule has 1 amide bonds. The second kappa shape index (κ2) is 9.01. The molecule has 24 heavy (non-hydrogen) atoms. The number of ether oxygens (including phenoxy) is 1. The van der Waals surface area contributed by atoms with E-state index in [0.717, 1.165) is 42.7 Å². The number of carbonyl (C=O) groups is 1. The number of anilines is 2. The Morgan fingerprint density at radius 3 is 2.25 bits per heavy atom. The van der Waals surface area contributed by atoms with Crippen molar-refractivity contribution >= 4 is 17.5 Å². The van der Waals surface area contributed by atoms with Gasteiger partial charge in [-0.15, -0.1) is 0 Å². The molecular weight excluding hydrogens is 312 g/mol. The molecule has 2 aromatic rings. The smallest absolute Gasteiger partial charge is 0.419 e. The fourth-order valence-corrected chi connectivity index (χ4v) is 2.36. The van der Waals surface area contributed by atoms with Gasteiger partial charge in [-0.25, -0.2) is 18.5 Å². The van der Waals surface area contributed by atoms with Gasteiger partial charge in [0.05, 0.1) is 12.3 Å². The summed E-state index contributed by atoms with van der Waals surface area (Å²) in [5.41, 5.74) is -0.0812. The van der Waals surface area contributed by atoms with Gasteiger partial charge in [-0.05, 0) is 30.7 Å². The second-order valence-corrected chi connectivity index (χ2v) is 5.42. The first kappa shape index (κ1) is 17.9. The largest absolute Gasteiger partial charge is 0.449 e. The summed E-state index contributed by atoms with van der Waals surface area (Å²) < 4.78 is 33.5. The molecule has 0 unspecified atom stereocenters. The summed E-state index contributed by atoms with van der Waals surface area (Å²) in [6, 6.07) is 11.8. The van der Waals surface area contributed by atoms with Gasteiger partial charge in [0.1, 0.15) is 17.3 Å². The van der Waals surface area contributed by atoms with Crippen LogP contribution in [0, 0.1) is 11.6 Å². The lowest BCUT2D eigenvalue weighted by Crippen LogP contribution is -2.28. The van der Waals surface area contributed by atoms with Gasteiger partial charge in [-0.2, -0.15) is 0 Å². The van der Waals surface area contributed by atoms with Crippen molar-refractivity contribution in [2.75, 3.05) is 11.5 Å². The predicted octanol–water partition coefficient (Wildman–Crippen LogP) is 5.82. The topological polar surface area (TPSA) is 29.5 Å². The normalized spacial score (nSPS) is 10.5. The molecular formula is C19H21F2NO2. The Morgan fingerprint density at radius 1 is 0.958 bits per heavy atom. The second-order valence-electron chi connectivity index (χ2n) is 5.42. The summed E-state index contributed by atoms with van der Waals surface area (Å²) in [6.45, 7) is 2.31. The van der Waals surface area contributed by atoms with Gasteiger partial charge in [0.2, 0.25) is 0 Å². The minimum atomic E-state index is -0.818. The Kier molecular flexibility index (Phi) is 6.73. The number of benzene rings is 2. The van der Waals surface area contributed by atoms with Crippen molar-refractivity contribution in [3.8, 4) is 0 Å². The summed E-state index contributed by atoms with van der Waals surface area (Å²) in [4.78, 5) is 13.4. The van der Waals surface area contributed by atoms with E-state index in [1.165, 1.54) is 6.07 Å². The van der Waals surface area contributed by atoms with E-state index < -0.39 is 23.4 Å². The molecule has 0 heterocycles. The first-order valence-corrected chi connectivity index (χ1v) is 8.11. The quantitative estimate of drug-likeness (QED) is 0.598. The highest BCUT2D eigenvalue weighted by molar-refractivity contribution is 5.96. The fourth-order valence-electron chi connectivity index (χ4n) is 2.36. The zero-order valence-corrected chi connectivity index (χ0v) is 13.7. The number of para-hydroxylation sites is 2. The zero-order valence-electron chi connectivity index (χ0n) is 13.7. The summed E-state index contributed by atoms with van der Waals surface area (Å²) in [6.07, 6.45) is 3.01. The third-order valence-corrected chi connectivity index (χ3v) is 3.58. The number of halogens is 2. The summed E-state index contributed by atoms with van der Waals surface area (Å²) in [5.74, 6) is -1.64. The maximum atomic E-state index is 14.1. The Bertz CT molecular complexity index is 641. The van der Waals surface area contributed by atoms with Crippen LogP contribution in [0.1, 0.15) is 32.6 Å². The van der Waals surface area contributed by atoms with E-state index in [1.54, 1.807) is 30.3 Å². The van der Waals surface area contributed by atoms with Crippen LogP contribution in [0.25, 0.3) is 0 Å². The maximum absolute atomic E-state index is 14.1. The molecule has 0 N–H and O–H groups in total. The molecule has 0 aromatic heterocycles. The molecule has 0 aliphatic carbocycles.